The molecule has 1 N–H and O–H groups in total. The third kappa shape index (κ3) is 6.41. The smallest absolute Gasteiger partial charge is 0.222 e. The maximum atomic E-state index is 12.6. The second kappa shape index (κ2) is 10.8. The average molecular weight is 368 g/mol. The van der Waals surface area contributed by atoms with E-state index in [4.69, 9.17) is 0 Å². The zero-order chi connectivity index (χ0) is 15.4. The summed E-state index contributed by atoms with van der Waals surface area (Å²) in [5, 5.41) is 3.41. The quantitative estimate of drug-likeness (QED) is 0.829. The lowest BCUT2D eigenvalue weighted by Crippen LogP contribution is -2.48. The summed E-state index contributed by atoms with van der Waals surface area (Å²) >= 11 is 0. The normalized spacial score (nSPS) is 27.5. The van der Waals surface area contributed by atoms with Gasteiger partial charge in [0.25, 0.3) is 0 Å². The summed E-state index contributed by atoms with van der Waals surface area (Å²) in [5.74, 6) is 1.59. The highest BCUT2D eigenvalue weighted by molar-refractivity contribution is 5.85. The predicted octanol–water partition coefficient (Wildman–Crippen LogP) is 2.80. The van der Waals surface area contributed by atoms with Gasteiger partial charge in [0.15, 0.2) is 0 Å². The number of amides is 1. The van der Waals surface area contributed by atoms with Gasteiger partial charge in [-0.2, -0.15) is 0 Å². The Morgan fingerprint density at radius 3 is 2.43 bits per heavy atom. The number of nitrogens with zero attached hydrogens (tertiary/aromatic N) is 2. The monoisotopic (exact) mass is 367 g/mol. The fraction of sp³-hybridized carbons (Fsp3) is 0.941. The molecule has 3 unspecified atom stereocenters. The predicted molar refractivity (Wildman–Crippen MR) is 102 cm³/mol. The lowest BCUT2D eigenvalue weighted by Gasteiger charge is -2.40. The van der Waals surface area contributed by atoms with Crippen molar-refractivity contribution in [1.29, 1.82) is 0 Å². The van der Waals surface area contributed by atoms with Crippen molar-refractivity contribution in [3.8, 4) is 0 Å². The Balaban J connectivity index is 0.00000242. The molecule has 0 bridgehead atoms. The van der Waals surface area contributed by atoms with Crippen molar-refractivity contribution in [2.45, 2.75) is 58.0 Å². The molecule has 6 heteroatoms. The summed E-state index contributed by atoms with van der Waals surface area (Å²) in [6.07, 6.45) is 5.40. The average Bonchev–Trinajstić information content (AvgIpc) is 2.50. The minimum Gasteiger partial charge on any atom is -0.343 e. The molecule has 0 radical (unpaired) electrons. The van der Waals surface area contributed by atoms with Crippen LogP contribution >= 0.6 is 24.8 Å². The van der Waals surface area contributed by atoms with Crippen LogP contribution in [0.5, 0.6) is 0 Å². The summed E-state index contributed by atoms with van der Waals surface area (Å²) in [6.45, 7) is 7.87. The van der Waals surface area contributed by atoms with E-state index >= 15 is 0 Å². The molecule has 2 aliphatic heterocycles. The molecule has 0 saturated carbocycles. The minimum atomic E-state index is 0. The molecule has 1 amide bonds. The first-order valence-electron chi connectivity index (χ1n) is 8.65. The van der Waals surface area contributed by atoms with Crippen molar-refractivity contribution in [2.75, 3.05) is 33.7 Å². The maximum absolute atomic E-state index is 12.6. The Labute approximate surface area is 154 Å². The minimum absolute atomic E-state index is 0. The highest BCUT2D eigenvalue weighted by atomic mass is 35.5. The van der Waals surface area contributed by atoms with Gasteiger partial charge in [-0.15, -0.1) is 24.8 Å². The van der Waals surface area contributed by atoms with Crippen molar-refractivity contribution < 1.29 is 4.79 Å². The summed E-state index contributed by atoms with van der Waals surface area (Å²) in [6, 6.07) is 1.02. The molecule has 2 fully saturated rings. The molecule has 0 spiro atoms. The van der Waals surface area contributed by atoms with Gasteiger partial charge in [-0.1, -0.05) is 6.92 Å². The zero-order valence-electron chi connectivity index (χ0n) is 15.1. The summed E-state index contributed by atoms with van der Waals surface area (Å²) in [7, 11) is 4.20. The Kier molecular flexibility index (Phi) is 10.7. The molecule has 23 heavy (non-hydrogen) atoms. The van der Waals surface area contributed by atoms with E-state index in [1.165, 1.54) is 12.8 Å². The number of nitrogens with one attached hydrogen (secondary N) is 1. The Hall–Kier alpha value is -0.0300. The molecule has 2 saturated heterocycles. The van der Waals surface area contributed by atoms with E-state index in [2.05, 4.69) is 31.1 Å². The van der Waals surface area contributed by atoms with Gasteiger partial charge in [-0.05, 0) is 64.6 Å². The van der Waals surface area contributed by atoms with E-state index in [1.54, 1.807) is 0 Å². The number of rotatable bonds is 4. The molecule has 2 heterocycles. The lowest BCUT2D eigenvalue weighted by molar-refractivity contribution is -0.134. The van der Waals surface area contributed by atoms with Gasteiger partial charge >= 0.3 is 0 Å². The van der Waals surface area contributed by atoms with Crippen LogP contribution in [0.3, 0.4) is 0 Å². The van der Waals surface area contributed by atoms with E-state index in [-0.39, 0.29) is 24.8 Å². The van der Waals surface area contributed by atoms with Gasteiger partial charge in [-0.25, -0.2) is 0 Å². The summed E-state index contributed by atoms with van der Waals surface area (Å²) in [5.41, 5.74) is 0. The summed E-state index contributed by atoms with van der Waals surface area (Å²) < 4.78 is 0. The van der Waals surface area contributed by atoms with Gasteiger partial charge in [-0.3, -0.25) is 4.79 Å². The molecule has 2 aliphatic rings. The number of carbonyl (C=O) groups excluding carboxylic acids is 1. The molecule has 0 aromatic carbocycles. The lowest BCUT2D eigenvalue weighted by atomic mass is 9.83. The molecule has 2 rings (SSSR count). The van der Waals surface area contributed by atoms with E-state index in [1.807, 2.05) is 11.9 Å². The Bertz CT molecular complexity index is 351. The zero-order valence-corrected chi connectivity index (χ0v) is 16.7. The fourth-order valence-corrected chi connectivity index (χ4v) is 3.82. The Morgan fingerprint density at radius 1 is 1.26 bits per heavy atom. The third-order valence-corrected chi connectivity index (χ3v) is 5.81. The second-order valence-electron chi connectivity index (χ2n) is 7.28. The highest BCUT2D eigenvalue weighted by Crippen LogP contribution is 2.26. The Morgan fingerprint density at radius 2 is 1.87 bits per heavy atom. The number of piperidine rings is 2. The molecule has 138 valence electrons. The molecule has 3 atom stereocenters. The van der Waals surface area contributed by atoms with Crippen LogP contribution in [0, 0.1) is 11.8 Å². The molecule has 4 nitrogen and oxygen atoms in total. The topological polar surface area (TPSA) is 35.6 Å². The second-order valence-corrected chi connectivity index (χ2v) is 7.28. The number of halogens is 2. The van der Waals surface area contributed by atoms with Gasteiger partial charge in [0.1, 0.15) is 0 Å². The first kappa shape index (κ1) is 23.0. The van der Waals surface area contributed by atoms with Crippen molar-refractivity contribution in [1.82, 2.24) is 15.1 Å². The van der Waals surface area contributed by atoms with Crippen LogP contribution in [0.15, 0.2) is 0 Å². The van der Waals surface area contributed by atoms with E-state index in [0.717, 1.165) is 44.8 Å². The number of likely N-dealkylation sites (tertiary alicyclic amines) is 1. The van der Waals surface area contributed by atoms with Gasteiger partial charge in [0.05, 0.1) is 0 Å². The van der Waals surface area contributed by atoms with Crippen LogP contribution in [0.25, 0.3) is 0 Å². The van der Waals surface area contributed by atoms with Crippen molar-refractivity contribution in [3.05, 3.63) is 0 Å². The third-order valence-electron chi connectivity index (χ3n) is 5.81. The maximum Gasteiger partial charge on any atom is 0.222 e. The first-order valence-corrected chi connectivity index (χ1v) is 8.65. The van der Waals surface area contributed by atoms with Crippen molar-refractivity contribution in [3.63, 3.8) is 0 Å². The number of hydrogen-bond acceptors (Lipinski definition) is 3. The molecule has 0 aromatic heterocycles. The highest BCUT2D eigenvalue weighted by Gasteiger charge is 2.29. The molecular formula is C17H35Cl2N3O. The van der Waals surface area contributed by atoms with Crippen molar-refractivity contribution >= 4 is 30.7 Å². The first-order chi connectivity index (χ1) is 9.99. The van der Waals surface area contributed by atoms with Gasteiger partial charge in [0.2, 0.25) is 5.91 Å². The summed E-state index contributed by atoms with van der Waals surface area (Å²) in [4.78, 5) is 17.0. The van der Waals surface area contributed by atoms with Crippen LogP contribution in [-0.4, -0.2) is 61.5 Å². The van der Waals surface area contributed by atoms with E-state index in [0.29, 0.717) is 23.9 Å². The largest absolute Gasteiger partial charge is 0.343 e. The van der Waals surface area contributed by atoms with Crippen LogP contribution in [0.1, 0.15) is 46.0 Å². The van der Waals surface area contributed by atoms with E-state index in [9.17, 15) is 4.79 Å². The van der Waals surface area contributed by atoms with Crippen LogP contribution < -0.4 is 5.32 Å². The van der Waals surface area contributed by atoms with Gasteiger partial charge in [0, 0.05) is 32.1 Å². The van der Waals surface area contributed by atoms with Crippen LogP contribution in [0.4, 0.5) is 0 Å². The molecule has 0 aromatic rings. The van der Waals surface area contributed by atoms with Crippen LogP contribution in [-0.2, 0) is 4.79 Å². The SMILES string of the molecule is CC(CC(=O)N(C)C1CCN(C)C(C)C1)C1CCNCC1.Cl.Cl. The number of hydrogen-bond donors (Lipinski definition) is 1. The molecule has 0 aliphatic carbocycles. The van der Waals surface area contributed by atoms with E-state index < -0.39 is 0 Å². The standard InChI is InChI=1S/C17H33N3O.2ClH/c1-13(15-5-8-18-9-6-15)11-17(21)20(4)16-7-10-19(3)14(2)12-16;;/h13-16,18H,5-12H2,1-4H3;2*1H. The van der Waals surface area contributed by atoms with Gasteiger partial charge < -0.3 is 15.1 Å². The fourth-order valence-electron chi connectivity index (χ4n) is 3.82. The number of carbonyl (C=O) groups is 1. The molecular weight excluding hydrogens is 333 g/mol. The van der Waals surface area contributed by atoms with Crippen molar-refractivity contribution in [2.24, 2.45) is 11.8 Å². The van der Waals surface area contributed by atoms with Crippen LogP contribution in [0.2, 0.25) is 0 Å².